The van der Waals surface area contributed by atoms with Crippen molar-refractivity contribution >= 4 is 5.97 Å². The minimum atomic E-state index is -0.465. The van der Waals surface area contributed by atoms with Crippen LogP contribution in [-0.2, 0) is 4.74 Å². The molecule has 5 heteroatoms. The summed E-state index contributed by atoms with van der Waals surface area (Å²) in [4.78, 5) is 11.6. The third kappa shape index (κ3) is 3.32. The van der Waals surface area contributed by atoms with Gasteiger partial charge in [-0.1, -0.05) is 12.1 Å². The molecule has 0 radical (unpaired) electrons. The Kier molecular flexibility index (Phi) is 4.65. The Balaban J connectivity index is 2.24. The van der Waals surface area contributed by atoms with E-state index in [9.17, 15) is 4.79 Å². The fraction of sp³-hybridized carbons (Fsp3) is 0.267. The first-order valence-electron chi connectivity index (χ1n) is 6.47. The van der Waals surface area contributed by atoms with E-state index in [0.29, 0.717) is 13.2 Å². The smallest absolute Gasteiger partial charge is 0.358 e. The third-order valence-electron chi connectivity index (χ3n) is 2.64. The number of rotatable bonds is 5. The van der Waals surface area contributed by atoms with Crippen molar-refractivity contribution in [1.82, 2.24) is 10.2 Å². The van der Waals surface area contributed by atoms with Gasteiger partial charge in [-0.2, -0.15) is 5.10 Å². The minimum Gasteiger partial charge on any atom is -0.494 e. The molecule has 0 amide bonds. The Bertz CT molecular complexity index is 582. The first-order chi connectivity index (χ1) is 9.74. The second-order valence-electron chi connectivity index (χ2n) is 4.01. The number of ether oxygens (including phenoxy) is 2. The van der Waals surface area contributed by atoms with E-state index in [0.717, 1.165) is 16.9 Å². The number of esters is 1. The minimum absolute atomic E-state index is 0.207. The van der Waals surface area contributed by atoms with E-state index in [-0.39, 0.29) is 5.69 Å². The predicted octanol–water partition coefficient (Wildman–Crippen LogP) is 2.72. The molecule has 0 unspecified atom stereocenters. The number of hydrogen-bond acceptors (Lipinski definition) is 5. The topological polar surface area (TPSA) is 61.3 Å². The molecule has 2 aromatic rings. The molecular formula is C15H16N2O3. The van der Waals surface area contributed by atoms with Crippen molar-refractivity contribution in [3.05, 3.63) is 42.2 Å². The van der Waals surface area contributed by atoms with Crippen LogP contribution in [-0.4, -0.2) is 29.4 Å². The first kappa shape index (κ1) is 14.0. The van der Waals surface area contributed by atoms with Gasteiger partial charge in [0.2, 0.25) is 0 Å². The van der Waals surface area contributed by atoms with Crippen LogP contribution in [0.4, 0.5) is 0 Å². The summed E-state index contributed by atoms with van der Waals surface area (Å²) in [5.41, 5.74) is 1.96. The van der Waals surface area contributed by atoms with Gasteiger partial charge in [0.25, 0.3) is 0 Å². The number of carbonyl (C=O) groups excluding carboxylic acids is 1. The average molecular weight is 272 g/mol. The van der Waals surface area contributed by atoms with Gasteiger partial charge < -0.3 is 9.47 Å². The van der Waals surface area contributed by atoms with Gasteiger partial charge >= 0.3 is 5.97 Å². The fourth-order valence-electron chi connectivity index (χ4n) is 1.74. The van der Waals surface area contributed by atoms with Gasteiger partial charge in [-0.25, -0.2) is 4.79 Å². The van der Waals surface area contributed by atoms with E-state index in [1.807, 2.05) is 31.2 Å². The summed E-state index contributed by atoms with van der Waals surface area (Å²) in [5.74, 6) is 0.344. The second-order valence-corrected chi connectivity index (χ2v) is 4.01. The number of carbonyl (C=O) groups is 1. The Labute approximate surface area is 117 Å². The highest BCUT2D eigenvalue weighted by Gasteiger charge is 2.10. The molecule has 0 aliphatic heterocycles. The van der Waals surface area contributed by atoms with Crippen LogP contribution in [0.5, 0.6) is 5.75 Å². The SMILES string of the molecule is CCOC(=O)c1cc(-c2ccc(OCC)cc2)cnn1. The molecule has 0 aliphatic carbocycles. The van der Waals surface area contributed by atoms with Crippen LogP contribution in [0.2, 0.25) is 0 Å². The Morgan fingerprint density at radius 1 is 1.10 bits per heavy atom. The van der Waals surface area contributed by atoms with Crippen LogP contribution < -0.4 is 4.74 Å². The molecule has 0 spiro atoms. The highest BCUT2D eigenvalue weighted by Crippen LogP contribution is 2.22. The normalized spacial score (nSPS) is 10.1. The largest absolute Gasteiger partial charge is 0.494 e. The van der Waals surface area contributed by atoms with Crippen LogP contribution >= 0.6 is 0 Å². The van der Waals surface area contributed by atoms with Gasteiger partial charge in [0.1, 0.15) is 5.75 Å². The molecule has 0 atom stereocenters. The molecule has 104 valence electrons. The maximum absolute atomic E-state index is 11.6. The molecule has 0 aliphatic rings. The fourth-order valence-corrected chi connectivity index (χ4v) is 1.74. The van der Waals surface area contributed by atoms with Gasteiger partial charge in [0, 0.05) is 5.56 Å². The zero-order valence-electron chi connectivity index (χ0n) is 11.5. The van der Waals surface area contributed by atoms with E-state index >= 15 is 0 Å². The van der Waals surface area contributed by atoms with Crippen LogP contribution in [0, 0.1) is 0 Å². The van der Waals surface area contributed by atoms with Crippen molar-refractivity contribution in [3.63, 3.8) is 0 Å². The molecule has 0 fully saturated rings. The van der Waals surface area contributed by atoms with Gasteiger partial charge in [-0.05, 0) is 37.6 Å². The zero-order chi connectivity index (χ0) is 14.4. The summed E-state index contributed by atoms with van der Waals surface area (Å²) in [6.07, 6.45) is 1.61. The zero-order valence-corrected chi connectivity index (χ0v) is 11.5. The van der Waals surface area contributed by atoms with Gasteiger partial charge in [0.05, 0.1) is 19.4 Å². The monoisotopic (exact) mass is 272 g/mol. The van der Waals surface area contributed by atoms with Crippen molar-refractivity contribution in [2.24, 2.45) is 0 Å². The van der Waals surface area contributed by atoms with E-state index in [1.165, 1.54) is 0 Å². The molecule has 20 heavy (non-hydrogen) atoms. The molecule has 0 saturated carbocycles. The Hall–Kier alpha value is -2.43. The summed E-state index contributed by atoms with van der Waals surface area (Å²) >= 11 is 0. The number of benzene rings is 1. The van der Waals surface area contributed by atoms with Gasteiger partial charge in [0.15, 0.2) is 5.69 Å². The number of aromatic nitrogens is 2. The van der Waals surface area contributed by atoms with E-state index < -0.39 is 5.97 Å². The quantitative estimate of drug-likeness (QED) is 0.783. The predicted molar refractivity (Wildman–Crippen MR) is 74.6 cm³/mol. The molecule has 0 N–H and O–H groups in total. The van der Waals surface area contributed by atoms with Crippen molar-refractivity contribution in [1.29, 1.82) is 0 Å². The highest BCUT2D eigenvalue weighted by atomic mass is 16.5. The summed E-state index contributed by atoms with van der Waals surface area (Å²) in [5, 5.41) is 7.62. The Morgan fingerprint density at radius 2 is 1.85 bits per heavy atom. The number of hydrogen-bond donors (Lipinski definition) is 0. The van der Waals surface area contributed by atoms with Crippen LogP contribution in [0.15, 0.2) is 36.5 Å². The van der Waals surface area contributed by atoms with Crippen molar-refractivity contribution in [2.45, 2.75) is 13.8 Å². The molecule has 1 aromatic carbocycles. The summed E-state index contributed by atoms with van der Waals surface area (Å²) in [6.45, 7) is 4.63. The van der Waals surface area contributed by atoms with Crippen molar-refractivity contribution in [2.75, 3.05) is 13.2 Å². The molecule has 2 rings (SSSR count). The van der Waals surface area contributed by atoms with Crippen molar-refractivity contribution in [3.8, 4) is 16.9 Å². The van der Waals surface area contributed by atoms with E-state index in [4.69, 9.17) is 9.47 Å². The molecule has 5 nitrogen and oxygen atoms in total. The highest BCUT2D eigenvalue weighted by molar-refractivity contribution is 5.88. The van der Waals surface area contributed by atoms with Gasteiger partial charge in [-0.15, -0.1) is 5.10 Å². The lowest BCUT2D eigenvalue weighted by Crippen LogP contribution is -2.08. The first-order valence-corrected chi connectivity index (χ1v) is 6.47. The lowest BCUT2D eigenvalue weighted by Gasteiger charge is -2.06. The lowest BCUT2D eigenvalue weighted by molar-refractivity contribution is 0.0518. The molecule has 0 bridgehead atoms. The lowest BCUT2D eigenvalue weighted by atomic mass is 10.1. The van der Waals surface area contributed by atoms with E-state index in [1.54, 1.807) is 19.2 Å². The maximum Gasteiger partial charge on any atom is 0.358 e. The van der Waals surface area contributed by atoms with Crippen LogP contribution in [0.1, 0.15) is 24.3 Å². The third-order valence-corrected chi connectivity index (χ3v) is 2.64. The number of nitrogens with zero attached hydrogens (tertiary/aromatic N) is 2. The van der Waals surface area contributed by atoms with E-state index in [2.05, 4.69) is 10.2 Å². The molecule has 1 heterocycles. The maximum atomic E-state index is 11.6. The standard InChI is InChI=1S/C15H16N2O3/c1-3-19-13-7-5-11(6-8-13)12-9-14(17-16-10-12)15(18)20-4-2/h5-10H,3-4H2,1-2H3. The molecule has 0 saturated heterocycles. The van der Waals surface area contributed by atoms with Crippen LogP contribution in [0.3, 0.4) is 0 Å². The summed E-state index contributed by atoms with van der Waals surface area (Å²) in [6, 6.07) is 9.25. The van der Waals surface area contributed by atoms with Crippen molar-refractivity contribution < 1.29 is 14.3 Å². The second kappa shape index (κ2) is 6.65. The Morgan fingerprint density at radius 3 is 2.50 bits per heavy atom. The summed E-state index contributed by atoms with van der Waals surface area (Å²) in [7, 11) is 0. The average Bonchev–Trinajstić information content (AvgIpc) is 2.49. The van der Waals surface area contributed by atoms with Gasteiger partial charge in [-0.3, -0.25) is 0 Å². The summed E-state index contributed by atoms with van der Waals surface area (Å²) < 4.78 is 10.3. The van der Waals surface area contributed by atoms with Crippen LogP contribution in [0.25, 0.3) is 11.1 Å². The molecule has 1 aromatic heterocycles. The molecular weight excluding hydrogens is 256 g/mol.